The molecule has 0 aromatic heterocycles. The van der Waals surface area contributed by atoms with Gasteiger partial charge in [-0.25, -0.2) is 8.42 Å². The molecule has 2 atom stereocenters. The summed E-state index contributed by atoms with van der Waals surface area (Å²) in [5.74, 6) is 0.753. The molecule has 0 fully saturated rings. The third-order valence-corrected chi connectivity index (χ3v) is 7.02. The second kappa shape index (κ2) is 8.71. The minimum absolute atomic E-state index is 0.331. The van der Waals surface area contributed by atoms with Crippen molar-refractivity contribution in [3.8, 4) is 0 Å². The largest absolute Gasteiger partial charge is 0.219 e. The van der Waals surface area contributed by atoms with Crippen LogP contribution in [0, 0.1) is 11.8 Å². The zero-order valence-corrected chi connectivity index (χ0v) is 17.6. The average Bonchev–Trinajstić information content (AvgIpc) is 2.62. The molecule has 0 aliphatic rings. The van der Waals surface area contributed by atoms with Crippen LogP contribution >= 0.6 is 0 Å². The van der Waals surface area contributed by atoms with Crippen molar-refractivity contribution in [2.24, 2.45) is 11.8 Å². The van der Waals surface area contributed by atoms with Gasteiger partial charge >= 0.3 is 0 Å². The summed E-state index contributed by atoms with van der Waals surface area (Å²) in [5.41, 5.74) is 4.50. The van der Waals surface area contributed by atoms with Gasteiger partial charge in [-0.15, -0.1) is 0 Å². The smallest absolute Gasteiger partial charge is 0.206 e. The second-order valence-electron chi connectivity index (χ2n) is 7.69. The number of hydrogen-bond donors (Lipinski definition) is 0. The molecule has 2 nitrogen and oxygen atoms in total. The van der Waals surface area contributed by atoms with Crippen molar-refractivity contribution in [1.82, 2.24) is 0 Å². The fourth-order valence-electron chi connectivity index (χ4n) is 2.80. The molecule has 0 aliphatic heterocycles. The lowest BCUT2D eigenvalue weighted by molar-refractivity contribution is 0.596. The van der Waals surface area contributed by atoms with E-state index in [0.717, 1.165) is 35.1 Å². The first-order chi connectivity index (χ1) is 12.6. The fraction of sp³-hybridized carbons (Fsp3) is 0.333. The molecule has 0 heterocycles. The molecule has 2 aromatic rings. The van der Waals surface area contributed by atoms with Crippen LogP contribution in [-0.4, -0.2) is 8.42 Å². The lowest BCUT2D eigenvalue weighted by atomic mass is 9.96. The Morgan fingerprint density at radius 1 is 0.741 bits per heavy atom. The van der Waals surface area contributed by atoms with E-state index >= 15 is 0 Å². The van der Waals surface area contributed by atoms with E-state index in [2.05, 4.69) is 27.0 Å². The molecule has 2 rings (SSSR count). The minimum atomic E-state index is -3.50. The summed E-state index contributed by atoms with van der Waals surface area (Å²) in [6.45, 7) is 16.3. The topological polar surface area (TPSA) is 34.1 Å². The van der Waals surface area contributed by atoms with Crippen molar-refractivity contribution in [2.45, 2.75) is 50.3 Å². The SMILES string of the molecule is C=C(C)C(C)Cc1ccc(S(=O)(=O)c2ccc(CC(C)C(=C)C)cc2)cc1. The molecule has 0 aliphatic carbocycles. The molecular weight excluding hydrogens is 352 g/mol. The molecule has 0 N–H and O–H groups in total. The van der Waals surface area contributed by atoms with Crippen LogP contribution in [-0.2, 0) is 22.7 Å². The van der Waals surface area contributed by atoms with Crippen molar-refractivity contribution < 1.29 is 8.42 Å². The van der Waals surface area contributed by atoms with Crippen molar-refractivity contribution in [3.05, 3.63) is 84.0 Å². The first-order valence-corrected chi connectivity index (χ1v) is 10.8. The Hall–Kier alpha value is -2.13. The highest BCUT2D eigenvalue weighted by molar-refractivity contribution is 7.91. The third-order valence-electron chi connectivity index (χ3n) is 5.23. The maximum Gasteiger partial charge on any atom is 0.206 e. The summed E-state index contributed by atoms with van der Waals surface area (Å²) in [6, 6.07) is 14.4. The molecule has 0 saturated carbocycles. The normalized spacial score (nSPS) is 13.8. The fourth-order valence-corrected chi connectivity index (χ4v) is 4.06. The Morgan fingerprint density at radius 3 is 1.30 bits per heavy atom. The van der Waals surface area contributed by atoms with Gasteiger partial charge in [-0.3, -0.25) is 0 Å². The van der Waals surface area contributed by atoms with E-state index in [4.69, 9.17) is 0 Å². The first kappa shape index (κ1) is 21.2. The van der Waals surface area contributed by atoms with Gasteiger partial charge in [0.2, 0.25) is 9.84 Å². The van der Waals surface area contributed by atoms with Crippen LogP contribution in [0.4, 0.5) is 0 Å². The summed E-state index contributed by atoms with van der Waals surface area (Å²) in [6.07, 6.45) is 1.73. The summed E-state index contributed by atoms with van der Waals surface area (Å²) in [4.78, 5) is 0.662. The average molecular weight is 383 g/mol. The van der Waals surface area contributed by atoms with Gasteiger partial charge in [0.1, 0.15) is 0 Å². The summed E-state index contributed by atoms with van der Waals surface area (Å²) < 4.78 is 25.8. The Morgan fingerprint density at radius 2 is 1.04 bits per heavy atom. The van der Waals surface area contributed by atoms with E-state index in [1.54, 1.807) is 24.3 Å². The molecular formula is C24H30O2S. The molecule has 3 heteroatoms. The van der Waals surface area contributed by atoms with E-state index in [1.165, 1.54) is 0 Å². The number of allylic oxidation sites excluding steroid dienone is 2. The van der Waals surface area contributed by atoms with Crippen molar-refractivity contribution in [1.29, 1.82) is 0 Å². The van der Waals surface area contributed by atoms with Gasteiger partial charge in [0.15, 0.2) is 0 Å². The Kier molecular flexibility index (Phi) is 6.83. The molecule has 144 valence electrons. The van der Waals surface area contributed by atoms with Crippen LogP contribution in [0.3, 0.4) is 0 Å². The number of hydrogen-bond acceptors (Lipinski definition) is 2. The van der Waals surface area contributed by atoms with Gasteiger partial charge in [0.25, 0.3) is 0 Å². The van der Waals surface area contributed by atoms with Gasteiger partial charge in [0, 0.05) is 0 Å². The number of sulfone groups is 1. The zero-order chi connectivity index (χ0) is 20.2. The van der Waals surface area contributed by atoms with E-state index in [1.807, 2.05) is 38.1 Å². The van der Waals surface area contributed by atoms with Crippen LogP contribution in [0.5, 0.6) is 0 Å². The number of rotatable bonds is 8. The summed E-state index contributed by atoms with van der Waals surface area (Å²) in [5, 5.41) is 0. The Labute approximate surface area is 164 Å². The van der Waals surface area contributed by atoms with E-state index < -0.39 is 9.84 Å². The van der Waals surface area contributed by atoms with Crippen LogP contribution in [0.25, 0.3) is 0 Å². The molecule has 0 saturated heterocycles. The molecule has 0 radical (unpaired) electrons. The molecule has 2 aromatic carbocycles. The van der Waals surface area contributed by atoms with Crippen LogP contribution in [0.1, 0.15) is 38.8 Å². The van der Waals surface area contributed by atoms with Gasteiger partial charge in [0.05, 0.1) is 9.79 Å². The predicted molar refractivity (Wildman–Crippen MR) is 114 cm³/mol. The molecule has 0 spiro atoms. The van der Waals surface area contributed by atoms with Gasteiger partial charge in [-0.1, -0.05) is 62.4 Å². The lowest BCUT2D eigenvalue weighted by Crippen LogP contribution is -2.05. The third kappa shape index (κ3) is 5.43. The highest BCUT2D eigenvalue weighted by Crippen LogP contribution is 2.24. The van der Waals surface area contributed by atoms with Crippen molar-refractivity contribution in [3.63, 3.8) is 0 Å². The van der Waals surface area contributed by atoms with E-state index in [0.29, 0.717) is 21.6 Å². The van der Waals surface area contributed by atoms with Crippen molar-refractivity contribution in [2.75, 3.05) is 0 Å². The summed E-state index contributed by atoms with van der Waals surface area (Å²) >= 11 is 0. The summed E-state index contributed by atoms with van der Waals surface area (Å²) in [7, 11) is -3.50. The second-order valence-corrected chi connectivity index (χ2v) is 9.64. The standard InChI is InChI=1S/C24H30O2S/c1-17(2)19(5)15-21-7-11-23(12-8-21)27(25,26)24-13-9-22(10-14-24)16-20(6)18(3)4/h7-14,19-20H,1,3,15-16H2,2,4-6H3. The van der Waals surface area contributed by atoms with Gasteiger partial charge in [-0.2, -0.15) is 0 Å². The van der Waals surface area contributed by atoms with Crippen LogP contribution in [0.15, 0.2) is 82.6 Å². The van der Waals surface area contributed by atoms with Crippen LogP contribution in [0.2, 0.25) is 0 Å². The molecule has 0 amide bonds. The van der Waals surface area contributed by atoms with Gasteiger partial charge < -0.3 is 0 Å². The van der Waals surface area contributed by atoms with E-state index in [9.17, 15) is 8.42 Å². The predicted octanol–water partition coefficient (Wildman–Crippen LogP) is 6.03. The highest BCUT2D eigenvalue weighted by atomic mass is 32.2. The Balaban J connectivity index is 2.18. The zero-order valence-electron chi connectivity index (χ0n) is 16.8. The number of benzene rings is 2. The van der Waals surface area contributed by atoms with Gasteiger partial charge in [-0.05, 0) is 73.9 Å². The lowest BCUT2D eigenvalue weighted by Gasteiger charge is -2.13. The maximum absolute atomic E-state index is 12.9. The van der Waals surface area contributed by atoms with Crippen molar-refractivity contribution >= 4 is 9.84 Å². The minimum Gasteiger partial charge on any atom is -0.219 e. The Bertz CT molecular complexity index is 832. The molecule has 0 bridgehead atoms. The maximum atomic E-state index is 12.9. The monoisotopic (exact) mass is 382 g/mol. The quantitative estimate of drug-likeness (QED) is 0.522. The molecule has 27 heavy (non-hydrogen) atoms. The first-order valence-electron chi connectivity index (χ1n) is 9.35. The van der Waals surface area contributed by atoms with Crippen LogP contribution < -0.4 is 0 Å². The molecule has 2 unspecified atom stereocenters. The highest BCUT2D eigenvalue weighted by Gasteiger charge is 2.18. The van der Waals surface area contributed by atoms with E-state index in [-0.39, 0.29) is 0 Å².